The number of anilines is 1. The third-order valence-electron chi connectivity index (χ3n) is 4.68. The number of halogens is 1. The molecule has 0 aliphatic rings. The van der Waals surface area contributed by atoms with Crippen LogP contribution in [0.15, 0.2) is 36.4 Å². The van der Waals surface area contributed by atoms with Gasteiger partial charge in [0.25, 0.3) is 0 Å². The highest BCUT2D eigenvalue weighted by Gasteiger charge is 2.21. The molecule has 0 N–H and O–H groups in total. The number of aryl methyl sites for hydroxylation is 2. The largest absolute Gasteiger partial charge is 0.308 e. The van der Waals surface area contributed by atoms with E-state index in [9.17, 15) is 4.79 Å². The third-order valence-corrected chi connectivity index (χ3v) is 6.09. The lowest BCUT2D eigenvalue weighted by molar-refractivity contribution is -0.118. The van der Waals surface area contributed by atoms with Gasteiger partial charge in [-0.3, -0.25) is 9.69 Å². The van der Waals surface area contributed by atoms with Crippen molar-refractivity contribution >= 4 is 44.2 Å². The molecule has 3 aromatic rings. The lowest BCUT2D eigenvalue weighted by atomic mass is 10.1. The Kier molecular flexibility index (Phi) is 6.15. The number of benzene rings is 2. The molecule has 0 fully saturated rings. The summed E-state index contributed by atoms with van der Waals surface area (Å²) in [5, 5.41) is 1.37. The molecule has 27 heavy (non-hydrogen) atoms. The Bertz CT molecular complexity index is 967. The Morgan fingerprint density at radius 3 is 2.56 bits per heavy atom. The number of carbonyl (C=O) groups excluding carboxylic acids is 1. The van der Waals surface area contributed by atoms with E-state index in [1.807, 2.05) is 38.4 Å². The van der Waals surface area contributed by atoms with Gasteiger partial charge in [-0.1, -0.05) is 47.2 Å². The standard InChI is InChI=1S/C21H24ClN3OS/c1-14-9-10-18-20(15(14)2)23-21(27-18)25(12-11-24(3)4)19(26)13-16-7-5-6-8-17(16)22/h5-10H,11-13H2,1-4H3. The molecule has 0 saturated heterocycles. The van der Waals surface area contributed by atoms with Crippen molar-refractivity contribution in [1.29, 1.82) is 0 Å². The van der Waals surface area contributed by atoms with Gasteiger partial charge in [-0.15, -0.1) is 0 Å². The number of rotatable bonds is 6. The molecule has 1 amide bonds. The number of thiazole rings is 1. The summed E-state index contributed by atoms with van der Waals surface area (Å²) < 4.78 is 1.11. The van der Waals surface area contributed by atoms with Crippen LogP contribution in [0, 0.1) is 13.8 Å². The minimum absolute atomic E-state index is 0.0124. The fourth-order valence-electron chi connectivity index (χ4n) is 2.86. The van der Waals surface area contributed by atoms with Gasteiger partial charge >= 0.3 is 0 Å². The van der Waals surface area contributed by atoms with Crippen LogP contribution < -0.4 is 4.90 Å². The van der Waals surface area contributed by atoms with Crippen LogP contribution in [0.4, 0.5) is 5.13 Å². The van der Waals surface area contributed by atoms with E-state index in [1.165, 1.54) is 11.1 Å². The first-order valence-corrected chi connectivity index (χ1v) is 10.1. The molecule has 1 heterocycles. The number of amides is 1. The Morgan fingerprint density at radius 1 is 1.11 bits per heavy atom. The van der Waals surface area contributed by atoms with E-state index in [0.717, 1.165) is 27.5 Å². The number of carbonyl (C=O) groups is 1. The minimum atomic E-state index is 0.0124. The van der Waals surface area contributed by atoms with Gasteiger partial charge in [0, 0.05) is 18.1 Å². The first kappa shape index (κ1) is 19.8. The number of aromatic nitrogens is 1. The minimum Gasteiger partial charge on any atom is -0.308 e. The number of nitrogens with zero attached hydrogens (tertiary/aromatic N) is 3. The summed E-state index contributed by atoms with van der Waals surface area (Å²) in [6.45, 7) is 5.52. The second-order valence-electron chi connectivity index (χ2n) is 6.97. The lowest BCUT2D eigenvalue weighted by Gasteiger charge is -2.22. The van der Waals surface area contributed by atoms with Gasteiger partial charge in [0.05, 0.1) is 16.6 Å². The summed E-state index contributed by atoms with van der Waals surface area (Å²) in [6, 6.07) is 11.7. The highest BCUT2D eigenvalue weighted by Crippen LogP contribution is 2.32. The molecular weight excluding hydrogens is 378 g/mol. The molecule has 3 rings (SSSR count). The maximum Gasteiger partial charge on any atom is 0.233 e. The molecule has 0 bridgehead atoms. The van der Waals surface area contributed by atoms with Gasteiger partial charge in [-0.2, -0.15) is 0 Å². The zero-order valence-corrected chi connectivity index (χ0v) is 17.7. The van der Waals surface area contributed by atoms with E-state index in [1.54, 1.807) is 16.2 Å². The van der Waals surface area contributed by atoms with Crippen LogP contribution in [0.25, 0.3) is 10.2 Å². The van der Waals surface area contributed by atoms with Crippen LogP contribution in [0.3, 0.4) is 0 Å². The SMILES string of the molecule is Cc1ccc2sc(N(CCN(C)C)C(=O)Cc3ccccc3Cl)nc2c1C. The molecular formula is C21H24ClN3OS. The van der Waals surface area contributed by atoms with E-state index in [-0.39, 0.29) is 12.3 Å². The first-order chi connectivity index (χ1) is 12.9. The van der Waals surface area contributed by atoms with Crippen molar-refractivity contribution in [3.8, 4) is 0 Å². The van der Waals surface area contributed by atoms with Gasteiger partial charge in [-0.05, 0) is 56.8 Å². The molecule has 142 valence electrons. The van der Waals surface area contributed by atoms with Gasteiger partial charge in [0.1, 0.15) is 0 Å². The first-order valence-electron chi connectivity index (χ1n) is 8.92. The molecule has 0 radical (unpaired) electrons. The average molecular weight is 402 g/mol. The molecule has 2 aromatic carbocycles. The van der Waals surface area contributed by atoms with Crippen molar-refractivity contribution in [2.45, 2.75) is 20.3 Å². The van der Waals surface area contributed by atoms with E-state index < -0.39 is 0 Å². The van der Waals surface area contributed by atoms with Crippen LogP contribution in [0.1, 0.15) is 16.7 Å². The maximum absolute atomic E-state index is 13.1. The van der Waals surface area contributed by atoms with Crippen molar-refractivity contribution < 1.29 is 4.79 Å². The van der Waals surface area contributed by atoms with E-state index in [4.69, 9.17) is 16.6 Å². The van der Waals surface area contributed by atoms with Crippen molar-refractivity contribution in [1.82, 2.24) is 9.88 Å². The maximum atomic E-state index is 13.1. The fraction of sp³-hybridized carbons (Fsp3) is 0.333. The molecule has 6 heteroatoms. The van der Waals surface area contributed by atoms with Gasteiger partial charge in [-0.25, -0.2) is 4.98 Å². The number of hydrogen-bond donors (Lipinski definition) is 0. The summed E-state index contributed by atoms with van der Waals surface area (Å²) >= 11 is 7.82. The van der Waals surface area contributed by atoms with Gasteiger partial charge in [0.2, 0.25) is 5.91 Å². The second-order valence-corrected chi connectivity index (χ2v) is 8.38. The third kappa shape index (κ3) is 4.49. The molecule has 0 aliphatic heterocycles. The van der Waals surface area contributed by atoms with Crippen LogP contribution in [0.5, 0.6) is 0 Å². The molecule has 0 aliphatic carbocycles. The second kappa shape index (κ2) is 8.38. The highest BCUT2D eigenvalue weighted by atomic mass is 35.5. The molecule has 0 unspecified atom stereocenters. The number of fused-ring (bicyclic) bond motifs is 1. The normalized spacial score (nSPS) is 11.3. The van der Waals surface area contributed by atoms with Crippen LogP contribution in [-0.2, 0) is 11.2 Å². The zero-order chi connectivity index (χ0) is 19.6. The Hall–Kier alpha value is -1.95. The van der Waals surface area contributed by atoms with Crippen LogP contribution >= 0.6 is 22.9 Å². The van der Waals surface area contributed by atoms with Crippen molar-refractivity contribution in [2.75, 3.05) is 32.1 Å². The number of hydrogen-bond acceptors (Lipinski definition) is 4. The molecule has 0 saturated carbocycles. The smallest absolute Gasteiger partial charge is 0.233 e. The van der Waals surface area contributed by atoms with Crippen molar-refractivity contribution in [3.63, 3.8) is 0 Å². The van der Waals surface area contributed by atoms with Crippen LogP contribution in [-0.4, -0.2) is 43.0 Å². The monoisotopic (exact) mass is 401 g/mol. The summed E-state index contributed by atoms with van der Waals surface area (Å²) in [7, 11) is 4.01. The summed E-state index contributed by atoms with van der Waals surface area (Å²) in [5.41, 5.74) is 4.20. The van der Waals surface area contributed by atoms with E-state index in [0.29, 0.717) is 11.6 Å². The predicted octanol–water partition coefficient (Wildman–Crippen LogP) is 4.70. The average Bonchev–Trinajstić information content (AvgIpc) is 3.05. The Balaban J connectivity index is 1.94. The summed E-state index contributed by atoms with van der Waals surface area (Å²) in [4.78, 5) is 21.8. The van der Waals surface area contributed by atoms with Gasteiger partial charge in [0.15, 0.2) is 5.13 Å². The molecule has 4 nitrogen and oxygen atoms in total. The predicted molar refractivity (Wildman–Crippen MR) is 115 cm³/mol. The summed E-state index contributed by atoms with van der Waals surface area (Å²) in [5.74, 6) is 0.0124. The van der Waals surface area contributed by atoms with Crippen molar-refractivity contribution in [2.24, 2.45) is 0 Å². The summed E-state index contributed by atoms with van der Waals surface area (Å²) in [6.07, 6.45) is 0.265. The fourth-order valence-corrected chi connectivity index (χ4v) is 4.13. The number of likely N-dealkylation sites (N-methyl/N-ethyl adjacent to an activating group) is 1. The molecule has 0 spiro atoms. The lowest BCUT2D eigenvalue weighted by Crippen LogP contribution is -2.37. The Labute approximate surface area is 169 Å². The zero-order valence-electron chi connectivity index (χ0n) is 16.1. The van der Waals surface area contributed by atoms with Gasteiger partial charge < -0.3 is 4.90 Å². The topological polar surface area (TPSA) is 36.4 Å². The van der Waals surface area contributed by atoms with Crippen molar-refractivity contribution in [3.05, 3.63) is 58.1 Å². The van der Waals surface area contributed by atoms with E-state index >= 15 is 0 Å². The van der Waals surface area contributed by atoms with Crippen LogP contribution in [0.2, 0.25) is 5.02 Å². The quantitative estimate of drug-likeness (QED) is 0.600. The highest BCUT2D eigenvalue weighted by molar-refractivity contribution is 7.22. The van der Waals surface area contributed by atoms with E-state index in [2.05, 4.69) is 30.9 Å². The molecule has 1 aromatic heterocycles. The molecule has 0 atom stereocenters. The Morgan fingerprint density at radius 2 is 1.85 bits per heavy atom.